The molecule has 0 aromatic heterocycles. The first-order chi connectivity index (χ1) is 10.1. The zero-order chi connectivity index (χ0) is 15.7. The van der Waals surface area contributed by atoms with Crippen LogP contribution in [0.2, 0.25) is 0 Å². The molecule has 0 heterocycles. The normalized spacial score (nSPS) is 12.5. The van der Waals surface area contributed by atoms with Crippen molar-refractivity contribution in [1.29, 1.82) is 0 Å². The van der Waals surface area contributed by atoms with Crippen LogP contribution in [0.4, 0.5) is 0 Å². The Hall–Kier alpha value is -1.88. The van der Waals surface area contributed by atoms with Gasteiger partial charge in [-0.15, -0.1) is 0 Å². The van der Waals surface area contributed by atoms with E-state index in [0.717, 1.165) is 10.0 Å². The summed E-state index contributed by atoms with van der Waals surface area (Å²) in [6, 6.07) is 7.02. The number of halogens is 1. The van der Waals surface area contributed by atoms with E-state index in [1.165, 1.54) is 13.2 Å². The summed E-state index contributed by atoms with van der Waals surface area (Å²) < 4.78 is 5.56. The highest BCUT2D eigenvalue weighted by Gasteiger charge is 2.18. The molecule has 1 unspecified atom stereocenters. The zero-order valence-electron chi connectivity index (χ0n) is 12.0. The molecule has 0 fully saturated rings. The van der Waals surface area contributed by atoms with Gasteiger partial charge in [0.15, 0.2) is 0 Å². The first-order valence-corrected chi connectivity index (χ1v) is 7.28. The van der Waals surface area contributed by atoms with Gasteiger partial charge in [-0.3, -0.25) is 9.59 Å². The number of carbonyl (C=O) groups excluding carboxylic acids is 2. The van der Waals surface area contributed by atoms with Crippen LogP contribution in [-0.4, -0.2) is 19.0 Å². The maximum atomic E-state index is 11.9. The van der Waals surface area contributed by atoms with E-state index < -0.39 is 6.04 Å². The lowest BCUT2D eigenvalue weighted by Crippen LogP contribution is -2.29. The Morgan fingerprint density at radius 3 is 2.76 bits per heavy atom. The standard InChI is InChI=1S/C16H18BrNO3/c1-3-4-5-9-15(19)18-14(11-16(20)21-2)12-7-6-8-13(17)10-12/h3-10,14H,11H2,1-2H3,(H,18,19)/b4-3+,9-5+. The predicted molar refractivity (Wildman–Crippen MR) is 85.6 cm³/mol. The van der Waals surface area contributed by atoms with Crippen molar-refractivity contribution >= 4 is 27.8 Å². The lowest BCUT2D eigenvalue weighted by molar-refractivity contribution is -0.141. The molecule has 1 rings (SSSR count). The Labute approximate surface area is 133 Å². The number of rotatable bonds is 6. The summed E-state index contributed by atoms with van der Waals surface area (Å²) in [5.41, 5.74) is 0.836. The van der Waals surface area contributed by atoms with Gasteiger partial charge in [-0.05, 0) is 24.6 Å². The van der Waals surface area contributed by atoms with Crippen LogP contribution in [0.25, 0.3) is 0 Å². The molecule has 112 valence electrons. The van der Waals surface area contributed by atoms with Gasteiger partial charge < -0.3 is 10.1 Å². The Morgan fingerprint density at radius 1 is 1.38 bits per heavy atom. The van der Waals surface area contributed by atoms with Crippen LogP contribution >= 0.6 is 15.9 Å². The van der Waals surface area contributed by atoms with Gasteiger partial charge in [-0.2, -0.15) is 0 Å². The summed E-state index contributed by atoms with van der Waals surface area (Å²) in [5.74, 6) is -0.639. The second kappa shape index (κ2) is 9.13. The lowest BCUT2D eigenvalue weighted by Gasteiger charge is -2.17. The predicted octanol–water partition coefficient (Wildman–Crippen LogP) is 3.30. The first kappa shape index (κ1) is 17.2. The molecule has 21 heavy (non-hydrogen) atoms. The van der Waals surface area contributed by atoms with Crippen LogP contribution in [0.15, 0.2) is 53.0 Å². The van der Waals surface area contributed by atoms with Crippen LogP contribution < -0.4 is 5.32 Å². The Balaban J connectivity index is 2.87. The summed E-state index contributed by atoms with van der Waals surface area (Å²) in [4.78, 5) is 23.4. The SMILES string of the molecule is C/C=C/C=C/C(=O)NC(CC(=O)OC)c1cccc(Br)c1. The molecule has 1 amide bonds. The van der Waals surface area contributed by atoms with Crippen LogP contribution in [0, 0.1) is 0 Å². The summed E-state index contributed by atoms with van der Waals surface area (Å²) in [6.45, 7) is 1.86. The van der Waals surface area contributed by atoms with Crippen molar-refractivity contribution in [1.82, 2.24) is 5.32 Å². The molecule has 0 spiro atoms. The van der Waals surface area contributed by atoms with Crippen LogP contribution in [0.1, 0.15) is 24.9 Å². The average molecular weight is 352 g/mol. The molecule has 1 aromatic rings. The van der Waals surface area contributed by atoms with Gasteiger partial charge in [0.05, 0.1) is 19.6 Å². The van der Waals surface area contributed by atoms with Crippen molar-refractivity contribution in [2.75, 3.05) is 7.11 Å². The van der Waals surface area contributed by atoms with E-state index in [2.05, 4.69) is 26.0 Å². The molecule has 0 aliphatic rings. The average Bonchev–Trinajstić information content (AvgIpc) is 2.46. The molecular formula is C16H18BrNO3. The minimum Gasteiger partial charge on any atom is -0.469 e. The van der Waals surface area contributed by atoms with E-state index in [-0.39, 0.29) is 18.3 Å². The molecule has 0 bridgehead atoms. The molecule has 0 aliphatic carbocycles. The maximum Gasteiger partial charge on any atom is 0.307 e. The lowest BCUT2D eigenvalue weighted by atomic mass is 10.0. The fourth-order valence-corrected chi connectivity index (χ4v) is 2.12. The van der Waals surface area contributed by atoms with Gasteiger partial charge >= 0.3 is 5.97 Å². The highest BCUT2D eigenvalue weighted by Crippen LogP contribution is 2.21. The van der Waals surface area contributed by atoms with Gasteiger partial charge in [-0.25, -0.2) is 0 Å². The molecule has 5 heteroatoms. The number of hydrogen-bond donors (Lipinski definition) is 1. The summed E-state index contributed by atoms with van der Waals surface area (Å²) in [6.07, 6.45) is 6.72. The molecule has 1 atom stereocenters. The molecule has 0 saturated heterocycles. The van der Waals surface area contributed by atoms with Crippen molar-refractivity contribution in [3.8, 4) is 0 Å². The second-order valence-electron chi connectivity index (χ2n) is 4.28. The monoisotopic (exact) mass is 351 g/mol. The smallest absolute Gasteiger partial charge is 0.307 e. The van der Waals surface area contributed by atoms with E-state index >= 15 is 0 Å². The number of esters is 1. The number of ether oxygens (including phenoxy) is 1. The highest BCUT2D eigenvalue weighted by molar-refractivity contribution is 9.10. The van der Waals surface area contributed by atoms with Gasteiger partial charge in [0.2, 0.25) is 5.91 Å². The number of nitrogens with one attached hydrogen (secondary N) is 1. The summed E-state index contributed by atoms with van der Waals surface area (Å²) >= 11 is 3.38. The van der Waals surface area contributed by atoms with Crippen LogP contribution in [-0.2, 0) is 14.3 Å². The van der Waals surface area contributed by atoms with E-state index in [1.807, 2.05) is 37.3 Å². The van der Waals surface area contributed by atoms with Gasteiger partial charge in [-0.1, -0.05) is 46.3 Å². The van der Waals surface area contributed by atoms with E-state index in [0.29, 0.717) is 0 Å². The topological polar surface area (TPSA) is 55.4 Å². The molecule has 0 radical (unpaired) electrons. The van der Waals surface area contributed by atoms with Crippen LogP contribution in [0.5, 0.6) is 0 Å². The quantitative estimate of drug-likeness (QED) is 0.486. The molecule has 1 N–H and O–H groups in total. The Morgan fingerprint density at radius 2 is 2.14 bits per heavy atom. The summed E-state index contributed by atoms with van der Waals surface area (Å²) in [5, 5.41) is 2.80. The van der Waals surface area contributed by atoms with Crippen LogP contribution in [0.3, 0.4) is 0 Å². The van der Waals surface area contributed by atoms with E-state index in [9.17, 15) is 9.59 Å². The number of methoxy groups -OCH3 is 1. The highest BCUT2D eigenvalue weighted by atomic mass is 79.9. The largest absolute Gasteiger partial charge is 0.469 e. The third-order valence-corrected chi connectivity index (χ3v) is 3.21. The fourth-order valence-electron chi connectivity index (χ4n) is 1.70. The number of hydrogen-bond acceptors (Lipinski definition) is 3. The number of carbonyl (C=O) groups is 2. The third-order valence-electron chi connectivity index (χ3n) is 2.72. The molecule has 4 nitrogen and oxygen atoms in total. The zero-order valence-corrected chi connectivity index (χ0v) is 13.6. The van der Waals surface area contributed by atoms with E-state index in [4.69, 9.17) is 0 Å². The number of amides is 1. The molecule has 0 saturated carbocycles. The number of benzene rings is 1. The Bertz CT molecular complexity index is 552. The molecule has 1 aromatic carbocycles. The van der Waals surface area contributed by atoms with Crippen molar-refractivity contribution in [3.63, 3.8) is 0 Å². The van der Waals surface area contributed by atoms with Gasteiger partial charge in [0.1, 0.15) is 0 Å². The van der Waals surface area contributed by atoms with Crippen molar-refractivity contribution in [2.24, 2.45) is 0 Å². The second-order valence-corrected chi connectivity index (χ2v) is 5.20. The van der Waals surface area contributed by atoms with Crippen molar-refractivity contribution in [3.05, 3.63) is 58.6 Å². The summed E-state index contributed by atoms with van der Waals surface area (Å²) in [7, 11) is 1.33. The Kier molecular flexibility index (Phi) is 7.46. The minimum atomic E-state index is -0.433. The van der Waals surface area contributed by atoms with Gasteiger partial charge in [0.25, 0.3) is 0 Å². The maximum absolute atomic E-state index is 11.9. The van der Waals surface area contributed by atoms with E-state index in [1.54, 1.807) is 12.2 Å². The fraction of sp³-hybridized carbons (Fsp3) is 0.250. The third kappa shape index (κ3) is 6.40. The molecular weight excluding hydrogens is 334 g/mol. The first-order valence-electron chi connectivity index (χ1n) is 6.49. The molecule has 0 aliphatic heterocycles. The minimum absolute atomic E-state index is 0.0795. The number of allylic oxidation sites excluding steroid dienone is 3. The van der Waals surface area contributed by atoms with Gasteiger partial charge in [0, 0.05) is 10.5 Å². The van der Waals surface area contributed by atoms with Crippen molar-refractivity contribution < 1.29 is 14.3 Å². The van der Waals surface area contributed by atoms with Crippen molar-refractivity contribution in [2.45, 2.75) is 19.4 Å².